The summed E-state index contributed by atoms with van der Waals surface area (Å²) in [6.45, 7) is 2.79. The first kappa shape index (κ1) is 16.3. The van der Waals surface area contributed by atoms with Gasteiger partial charge >= 0.3 is 10.2 Å². The highest BCUT2D eigenvalue weighted by atomic mass is 35.5. The van der Waals surface area contributed by atoms with Crippen molar-refractivity contribution in [3.63, 3.8) is 0 Å². The Bertz CT molecular complexity index is 790. The van der Waals surface area contributed by atoms with Crippen molar-refractivity contribution in [2.24, 2.45) is 0 Å². The molecule has 0 unspecified atom stereocenters. The van der Waals surface area contributed by atoms with E-state index in [0.29, 0.717) is 31.1 Å². The Kier molecular flexibility index (Phi) is 4.62. The van der Waals surface area contributed by atoms with Crippen LogP contribution in [0.3, 0.4) is 0 Å². The summed E-state index contributed by atoms with van der Waals surface area (Å²) in [5.41, 5.74) is 3.46. The fourth-order valence-corrected chi connectivity index (χ4v) is 4.56. The highest BCUT2D eigenvalue weighted by molar-refractivity contribution is 7.90. The van der Waals surface area contributed by atoms with E-state index in [1.807, 2.05) is 55.5 Å². The molecule has 23 heavy (non-hydrogen) atoms. The van der Waals surface area contributed by atoms with Gasteiger partial charge in [0, 0.05) is 19.0 Å². The second kappa shape index (κ2) is 6.51. The molecule has 0 saturated carbocycles. The first-order valence-electron chi connectivity index (χ1n) is 7.55. The predicted octanol–water partition coefficient (Wildman–Crippen LogP) is 3.82. The van der Waals surface area contributed by atoms with Crippen LogP contribution < -0.4 is 4.31 Å². The number of fused-ring (bicyclic) bond motifs is 1. The molecule has 0 aromatic heterocycles. The van der Waals surface area contributed by atoms with Crippen molar-refractivity contribution in [2.75, 3.05) is 16.7 Å². The Balaban J connectivity index is 2.11. The first-order chi connectivity index (χ1) is 11.0. The molecule has 6 heteroatoms. The molecule has 2 aromatic rings. The third kappa shape index (κ3) is 3.09. The van der Waals surface area contributed by atoms with Gasteiger partial charge in [-0.15, -0.1) is 11.6 Å². The average Bonchev–Trinajstić information content (AvgIpc) is 2.54. The first-order valence-corrected chi connectivity index (χ1v) is 9.48. The zero-order valence-electron chi connectivity index (χ0n) is 12.9. The zero-order chi connectivity index (χ0) is 16.4. The van der Waals surface area contributed by atoms with Crippen LogP contribution in [-0.4, -0.2) is 25.1 Å². The van der Waals surface area contributed by atoms with Crippen LogP contribution in [0.1, 0.15) is 17.5 Å². The predicted molar refractivity (Wildman–Crippen MR) is 94.4 cm³/mol. The van der Waals surface area contributed by atoms with Gasteiger partial charge < -0.3 is 0 Å². The van der Waals surface area contributed by atoms with Crippen LogP contribution in [0.2, 0.25) is 0 Å². The van der Waals surface area contributed by atoms with E-state index in [4.69, 9.17) is 11.6 Å². The van der Waals surface area contributed by atoms with Gasteiger partial charge in [0.05, 0.1) is 11.4 Å². The fraction of sp³-hybridized carbons (Fsp3) is 0.294. The molecule has 1 aliphatic heterocycles. The van der Waals surface area contributed by atoms with Crippen LogP contribution in [0.4, 0.5) is 11.4 Å². The Morgan fingerprint density at radius 2 is 1.78 bits per heavy atom. The van der Waals surface area contributed by atoms with E-state index in [-0.39, 0.29) is 0 Å². The molecule has 0 fully saturated rings. The molecule has 0 amide bonds. The molecule has 0 radical (unpaired) electrons. The average molecular weight is 351 g/mol. The Morgan fingerprint density at radius 1 is 1.09 bits per heavy atom. The van der Waals surface area contributed by atoms with Gasteiger partial charge in [-0.25, -0.2) is 4.31 Å². The highest BCUT2D eigenvalue weighted by Crippen LogP contribution is 2.38. The van der Waals surface area contributed by atoms with Crippen LogP contribution in [0.5, 0.6) is 0 Å². The maximum atomic E-state index is 13.1. The monoisotopic (exact) mass is 350 g/mol. The van der Waals surface area contributed by atoms with Crippen molar-refractivity contribution >= 4 is 33.2 Å². The van der Waals surface area contributed by atoms with E-state index in [2.05, 4.69) is 0 Å². The summed E-state index contributed by atoms with van der Waals surface area (Å²) in [5, 5.41) is 0. The minimum atomic E-state index is -3.61. The number of hydrogen-bond acceptors (Lipinski definition) is 2. The molecule has 2 aromatic carbocycles. The number of rotatable bonds is 4. The number of nitrogens with zero attached hydrogens (tertiary/aromatic N) is 2. The molecule has 122 valence electrons. The smallest absolute Gasteiger partial charge is 0.225 e. The van der Waals surface area contributed by atoms with Crippen LogP contribution in [0.15, 0.2) is 48.5 Å². The second-order valence-electron chi connectivity index (χ2n) is 5.61. The molecular formula is C17H19ClN2O2S. The summed E-state index contributed by atoms with van der Waals surface area (Å²) in [6, 6.07) is 15.2. The van der Waals surface area contributed by atoms with Crippen LogP contribution in [0.25, 0.3) is 0 Å². The van der Waals surface area contributed by atoms with Crippen molar-refractivity contribution in [3.8, 4) is 0 Å². The van der Waals surface area contributed by atoms with Gasteiger partial charge in [0.15, 0.2) is 0 Å². The van der Waals surface area contributed by atoms with Crippen LogP contribution >= 0.6 is 11.6 Å². The lowest BCUT2D eigenvalue weighted by Crippen LogP contribution is -2.45. The van der Waals surface area contributed by atoms with Crippen molar-refractivity contribution in [2.45, 2.75) is 19.9 Å². The minimum absolute atomic E-state index is 0.387. The quantitative estimate of drug-likeness (QED) is 0.786. The number of hydrogen-bond donors (Lipinski definition) is 0. The Morgan fingerprint density at radius 3 is 2.48 bits per heavy atom. The number of aryl methyl sites for hydroxylation is 1. The van der Waals surface area contributed by atoms with Crippen LogP contribution in [0, 0.1) is 6.92 Å². The minimum Gasteiger partial charge on any atom is -0.225 e. The standard InChI is InChI=1S/C17H19ClN2O2S/c1-14-7-9-16(10-8-14)20-17-6-3-2-5-15(17)13-19(12-4-11-18)23(20,21)22/h2-3,5-10H,4,11-13H2,1H3. The molecule has 0 bridgehead atoms. The number of anilines is 2. The van der Waals surface area contributed by atoms with Gasteiger partial charge in [0.2, 0.25) is 0 Å². The summed E-state index contributed by atoms with van der Waals surface area (Å²) >= 11 is 5.75. The lowest BCUT2D eigenvalue weighted by molar-refractivity contribution is 0.400. The number of benzene rings is 2. The molecule has 4 nitrogen and oxygen atoms in total. The summed E-state index contributed by atoms with van der Waals surface area (Å²) in [4.78, 5) is 0. The van der Waals surface area contributed by atoms with Crippen molar-refractivity contribution < 1.29 is 8.42 Å². The van der Waals surface area contributed by atoms with E-state index in [1.54, 1.807) is 0 Å². The number of para-hydroxylation sites is 1. The van der Waals surface area contributed by atoms with Gasteiger partial charge in [-0.05, 0) is 37.1 Å². The molecule has 0 aliphatic carbocycles. The molecule has 3 rings (SSSR count). The molecule has 0 atom stereocenters. The van der Waals surface area contributed by atoms with E-state index in [1.165, 1.54) is 8.61 Å². The molecule has 0 saturated heterocycles. The SMILES string of the molecule is Cc1ccc(N2c3ccccc3CN(CCCCl)S2(=O)=O)cc1. The maximum absolute atomic E-state index is 13.1. The largest absolute Gasteiger partial charge is 0.308 e. The molecule has 0 spiro atoms. The van der Waals surface area contributed by atoms with Crippen molar-refractivity contribution in [3.05, 3.63) is 59.7 Å². The van der Waals surface area contributed by atoms with Gasteiger partial charge in [-0.1, -0.05) is 35.9 Å². The molecule has 1 aliphatic rings. The lowest BCUT2D eigenvalue weighted by atomic mass is 10.1. The molecule has 0 N–H and O–H groups in total. The van der Waals surface area contributed by atoms with E-state index in [9.17, 15) is 8.42 Å². The Labute approximate surface area is 142 Å². The zero-order valence-corrected chi connectivity index (χ0v) is 14.5. The third-order valence-corrected chi connectivity index (χ3v) is 6.02. The van der Waals surface area contributed by atoms with Gasteiger partial charge in [-0.3, -0.25) is 0 Å². The second-order valence-corrected chi connectivity index (χ2v) is 7.77. The van der Waals surface area contributed by atoms with Gasteiger partial charge in [-0.2, -0.15) is 12.7 Å². The third-order valence-electron chi connectivity index (χ3n) is 3.92. The topological polar surface area (TPSA) is 40.6 Å². The molecular weight excluding hydrogens is 332 g/mol. The highest BCUT2D eigenvalue weighted by Gasteiger charge is 2.36. The summed E-state index contributed by atoms with van der Waals surface area (Å²) in [7, 11) is -3.61. The van der Waals surface area contributed by atoms with Gasteiger partial charge in [0.25, 0.3) is 0 Å². The van der Waals surface area contributed by atoms with E-state index < -0.39 is 10.2 Å². The normalized spacial score (nSPS) is 17.0. The fourth-order valence-electron chi connectivity index (χ4n) is 2.74. The lowest BCUT2D eigenvalue weighted by Gasteiger charge is -2.37. The molecule has 1 heterocycles. The van der Waals surface area contributed by atoms with E-state index >= 15 is 0 Å². The summed E-state index contributed by atoms with van der Waals surface area (Å²) in [6.07, 6.45) is 0.630. The van der Waals surface area contributed by atoms with Crippen molar-refractivity contribution in [1.82, 2.24) is 4.31 Å². The summed E-state index contributed by atoms with van der Waals surface area (Å²) in [5.74, 6) is 0.443. The number of alkyl halides is 1. The maximum Gasteiger partial charge on any atom is 0.308 e. The van der Waals surface area contributed by atoms with Crippen molar-refractivity contribution in [1.29, 1.82) is 0 Å². The summed E-state index contributed by atoms with van der Waals surface area (Å²) < 4.78 is 29.1. The Hall–Kier alpha value is -1.56. The van der Waals surface area contributed by atoms with Crippen LogP contribution in [-0.2, 0) is 16.8 Å². The number of halogens is 1. The van der Waals surface area contributed by atoms with Gasteiger partial charge in [0.1, 0.15) is 0 Å². The van der Waals surface area contributed by atoms with E-state index in [0.717, 1.165) is 16.8 Å².